The van der Waals surface area contributed by atoms with Gasteiger partial charge in [-0.25, -0.2) is 0 Å². The Morgan fingerprint density at radius 1 is 0.636 bits per heavy atom. The van der Waals surface area contributed by atoms with Crippen LogP contribution in [-0.4, -0.2) is 13.0 Å². The highest BCUT2D eigenvalue weighted by Crippen LogP contribution is 2.30. The van der Waals surface area contributed by atoms with Crippen molar-refractivity contribution in [2.24, 2.45) is 0 Å². The molecule has 0 aromatic heterocycles. The molecule has 0 spiro atoms. The molecule has 0 radical (unpaired) electrons. The third-order valence-electron chi connectivity index (χ3n) is 3.94. The highest BCUT2D eigenvalue weighted by Gasteiger charge is 2.14. The van der Waals surface area contributed by atoms with Crippen LogP contribution in [0.15, 0.2) is 71.6 Å². The van der Waals surface area contributed by atoms with Crippen LogP contribution in [0.3, 0.4) is 0 Å². The van der Waals surface area contributed by atoms with Crippen molar-refractivity contribution in [1.29, 1.82) is 0 Å². The van der Waals surface area contributed by atoms with E-state index in [0.29, 0.717) is 5.39 Å². The maximum absolute atomic E-state index is 11.6. The van der Waals surface area contributed by atoms with Crippen molar-refractivity contribution in [3.05, 3.63) is 66.7 Å². The predicted molar refractivity (Wildman–Crippen MR) is 88.8 cm³/mol. The minimum absolute atomic E-state index is 0.0555. The highest BCUT2D eigenvalue weighted by atomic mass is 32.2. The van der Waals surface area contributed by atoms with Crippen LogP contribution in [0, 0.1) is 0 Å². The monoisotopic (exact) mass is 308 g/mol. The van der Waals surface area contributed by atoms with E-state index < -0.39 is 10.1 Å². The second-order valence-corrected chi connectivity index (χ2v) is 6.74. The Morgan fingerprint density at radius 3 is 1.82 bits per heavy atom. The van der Waals surface area contributed by atoms with Crippen molar-refractivity contribution >= 4 is 42.4 Å². The van der Waals surface area contributed by atoms with E-state index >= 15 is 0 Å². The SMILES string of the molecule is O=S(=O)(O)c1cccc2cc3cc4ccccc4cc3cc12. The van der Waals surface area contributed by atoms with Crippen LogP contribution in [0.25, 0.3) is 32.3 Å². The molecule has 0 unspecified atom stereocenters. The summed E-state index contributed by atoms with van der Waals surface area (Å²) in [6.45, 7) is 0. The minimum atomic E-state index is -4.24. The molecule has 4 aromatic carbocycles. The van der Waals surface area contributed by atoms with Crippen molar-refractivity contribution in [3.63, 3.8) is 0 Å². The van der Waals surface area contributed by atoms with Gasteiger partial charge in [0.2, 0.25) is 0 Å². The van der Waals surface area contributed by atoms with Gasteiger partial charge < -0.3 is 0 Å². The molecule has 22 heavy (non-hydrogen) atoms. The molecular weight excluding hydrogens is 296 g/mol. The molecule has 108 valence electrons. The molecule has 4 heteroatoms. The van der Waals surface area contributed by atoms with Gasteiger partial charge in [0.05, 0.1) is 0 Å². The summed E-state index contributed by atoms with van der Waals surface area (Å²) in [5, 5.41) is 5.55. The molecule has 4 aromatic rings. The summed E-state index contributed by atoms with van der Waals surface area (Å²) in [5.41, 5.74) is 0. The van der Waals surface area contributed by atoms with Gasteiger partial charge in [-0.2, -0.15) is 8.42 Å². The third-order valence-corrected chi connectivity index (χ3v) is 4.85. The minimum Gasteiger partial charge on any atom is -0.282 e. The predicted octanol–water partition coefficient (Wildman–Crippen LogP) is 4.39. The largest absolute Gasteiger partial charge is 0.295 e. The Balaban J connectivity index is 2.17. The molecule has 3 nitrogen and oxygen atoms in total. The summed E-state index contributed by atoms with van der Waals surface area (Å²) in [4.78, 5) is -0.0555. The molecule has 1 N–H and O–H groups in total. The molecule has 0 aliphatic rings. The maximum atomic E-state index is 11.6. The normalized spacial score (nSPS) is 12.2. The quantitative estimate of drug-likeness (QED) is 0.419. The molecule has 0 aliphatic carbocycles. The van der Waals surface area contributed by atoms with Gasteiger partial charge in [-0.15, -0.1) is 0 Å². The van der Waals surface area contributed by atoms with Crippen molar-refractivity contribution in [1.82, 2.24) is 0 Å². The number of hydrogen-bond acceptors (Lipinski definition) is 2. The van der Waals surface area contributed by atoms with E-state index in [1.165, 1.54) is 6.07 Å². The van der Waals surface area contributed by atoms with Crippen molar-refractivity contribution in [3.8, 4) is 0 Å². The standard InChI is InChI=1S/C18H12O3S/c19-22(20,21)18-7-3-6-14-10-15-8-12-4-1-2-5-13(12)9-16(15)11-17(14)18/h1-11H,(H,19,20,21). The number of hydrogen-bond donors (Lipinski definition) is 1. The first-order valence-electron chi connectivity index (χ1n) is 6.85. The Bertz CT molecular complexity index is 1140. The zero-order chi connectivity index (χ0) is 15.3. The van der Waals surface area contributed by atoms with Crippen molar-refractivity contribution in [2.45, 2.75) is 4.90 Å². The number of rotatable bonds is 1. The fraction of sp³-hybridized carbons (Fsp3) is 0. The van der Waals surface area contributed by atoms with Crippen LogP contribution in [-0.2, 0) is 10.1 Å². The number of benzene rings is 4. The average Bonchev–Trinajstić information content (AvgIpc) is 2.49. The van der Waals surface area contributed by atoms with Gasteiger partial charge in [0.1, 0.15) is 4.90 Å². The summed E-state index contributed by atoms with van der Waals surface area (Å²) in [5.74, 6) is 0. The van der Waals surface area contributed by atoms with Crippen LogP contribution >= 0.6 is 0 Å². The van der Waals surface area contributed by atoms with Crippen molar-refractivity contribution in [2.75, 3.05) is 0 Å². The Morgan fingerprint density at radius 2 is 1.18 bits per heavy atom. The summed E-state index contributed by atoms with van der Waals surface area (Å²) in [6, 6.07) is 20.8. The van der Waals surface area contributed by atoms with Crippen LogP contribution in [0.4, 0.5) is 0 Å². The Hall–Kier alpha value is -2.43. The van der Waals surface area contributed by atoms with E-state index in [9.17, 15) is 13.0 Å². The molecule has 0 fully saturated rings. The topological polar surface area (TPSA) is 54.4 Å². The molecule has 0 amide bonds. The Labute approximate surface area is 127 Å². The van der Waals surface area contributed by atoms with E-state index in [1.54, 1.807) is 6.07 Å². The van der Waals surface area contributed by atoms with E-state index in [-0.39, 0.29) is 4.90 Å². The van der Waals surface area contributed by atoms with Gasteiger partial charge in [-0.1, -0.05) is 36.4 Å². The first kappa shape index (κ1) is 13.2. The van der Waals surface area contributed by atoms with Crippen LogP contribution < -0.4 is 0 Å². The van der Waals surface area contributed by atoms with Gasteiger partial charge in [-0.3, -0.25) is 4.55 Å². The van der Waals surface area contributed by atoms with Crippen LogP contribution in [0.1, 0.15) is 0 Å². The van der Waals surface area contributed by atoms with Crippen molar-refractivity contribution < 1.29 is 13.0 Å². The average molecular weight is 308 g/mol. The molecule has 4 rings (SSSR count). The lowest BCUT2D eigenvalue weighted by molar-refractivity contribution is 0.484. The fourth-order valence-corrected chi connectivity index (χ4v) is 3.62. The lowest BCUT2D eigenvalue weighted by Gasteiger charge is -2.07. The van der Waals surface area contributed by atoms with Gasteiger partial charge >= 0.3 is 0 Å². The first-order valence-corrected chi connectivity index (χ1v) is 8.29. The second-order valence-electron chi connectivity index (χ2n) is 5.35. The van der Waals surface area contributed by atoms with Crippen LogP contribution in [0.5, 0.6) is 0 Å². The summed E-state index contributed by atoms with van der Waals surface area (Å²) < 4.78 is 32.5. The molecule has 0 saturated heterocycles. The molecule has 0 saturated carbocycles. The van der Waals surface area contributed by atoms with E-state index in [2.05, 4.69) is 6.07 Å². The first-order chi connectivity index (χ1) is 10.5. The molecular formula is C18H12O3S. The summed E-state index contributed by atoms with van der Waals surface area (Å²) in [6.07, 6.45) is 0. The van der Waals surface area contributed by atoms with Gasteiger partial charge in [0, 0.05) is 5.39 Å². The van der Waals surface area contributed by atoms with Gasteiger partial charge in [0.25, 0.3) is 10.1 Å². The third kappa shape index (κ3) is 2.04. The smallest absolute Gasteiger partial charge is 0.282 e. The van der Waals surface area contributed by atoms with Gasteiger partial charge in [-0.05, 0) is 57.3 Å². The second kappa shape index (κ2) is 4.53. The molecule has 0 atom stereocenters. The highest BCUT2D eigenvalue weighted by molar-refractivity contribution is 7.86. The van der Waals surface area contributed by atoms with E-state index in [0.717, 1.165) is 26.9 Å². The zero-order valence-corrected chi connectivity index (χ0v) is 12.3. The number of fused-ring (bicyclic) bond motifs is 3. The summed E-state index contributed by atoms with van der Waals surface area (Å²) >= 11 is 0. The lowest BCUT2D eigenvalue weighted by Crippen LogP contribution is -1.98. The zero-order valence-electron chi connectivity index (χ0n) is 11.5. The van der Waals surface area contributed by atoms with Crippen LogP contribution in [0.2, 0.25) is 0 Å². The fourth-order valence-electron chi connectivity index (χ4n) is 2.91. The van der Waals surface area contributed by atoms with E-state index in [1.807, 2.05) is 48.5 Å². The maximum Gasteiger partial charge on any atom is 0.295 e. The molecule has 0 heterocycles. The lowest BCUT2D eigenvalue weighted by atomic mass is 10.00. The Kier molecular flexibility index (Phi) is 2.73. The van der Waals surface area contributed by atoms with Gasteiger partial charge in [0.15, 0.2) is 0 Å². The van der Waals surface area contributed by atoms with E-state index in [4.69, 9.17) is 0 Å². The molecule has 0 bridgehead atoms. The molecule has 0 aliphatic heterocycles. The summed E-state index contributed by atoms with van der Waals surface area (Å²) in [7, 11) is -4.24.